The minimum Gasteiger partial charge on any atom is -0.310 e. The molecule has 0 radical (unpaired) electrons. The fourth-order valence-electron chi connectivity index (χ4n) is 7.08. The minimum atomic E-state index is 1.11. The van der Waals surface area contributed by atoms with Crippen LogP contribution in [0.1, 0.15) is 0 Å². The molecule has 48 heavy (non-hydrogen) atoms. The van der Waals surface area contributed by atoms with Crippen LogP contribution < -0.4 is 4.90 Å². The number of nitrogens with zero attached hydrogens (tertiary/aromatic N) is 2. The van der Waals surface area contributed by atoms with Crippen LogP contribution in [0, 0.1) is 0 Å². The SMILES string of the molecule is c1ccc(-c2ccc(N(c3ccc(-c4ccccc4)cc3)c3cccc4c3c3ccccc3n4-c3ccc4ccccc4c3)cc2)cc1. The molecule has 0 aliphatic rings. The van der Waals surface area contributed by atoms with E-state index in [9.17, 15) is 0 Å². The first-order valence-corrected chi connectivity index (χ1v) is 16.4. The zero-order valence-electron chi connectivity index (χ0n) is 26.4. The van der Waals surface area contributed by atoms with Crippen molar-refractivity contribution in [2.24, 2.45) is 0 Å². The molecule has 0 aliphatic heterocycles. The third kappa shape index (κ3) is 4.83. The molecule has 0 aliphatic carbocycles. The Kier molecular flexibility index (Phi) is 6.84. The number of anilines is 3. The summed E-state index contributed by atoms with van der Waals surface area (Å²) < 4.78 is 2.41. The Morgan fingerprint density at radius 3 is 1.52 bits per heavy atom. The number of hydrogen-bond acceptors (Lipinski definition) is 1. The largest absolute Gasteiger partial charge is 0.310 e. The lowest BCUT2D eigenvalue weighted by atomic mass is 10.0. The van der Waals surface area contributed by atoms with Gasteiger partial charge in [0.2, 0.25) is 0 Å². The molecule has 1 aromatic heterocycles. The zero-order chi connectivity index (χ0) is 31.9. The summed E-state index contributed by atoms with van der Waals surface area (Å²) >= 11 is 0. The highest BCUT2D eigenvalue weighted by atomic mass is 15.1. The summed E-state index contributed by atoms with van der Waals surface area (Å²) in [6.45, 7) is 0. The van der Waals surface area contributed by atoms with Crippen molar-refractivity contribution in [1.29, 1.82) is 0 Å². The van der Waals surface area contributed by atoms with Gasteiger partial charge in [0, 0.05) is 27.8 Å². The van der Waals surface area contributed by atoms with Gasteiger partial charge in [0.1, 0.15) is 0 Å². The lowest BCUT2D eigenvalue weighted by molar-refractivity contribution is 1.18. The highest BCUT2D eigenvalue weighted by Crippen LogP contribution is 2.44. The lowest BCUT2D eigenvalue weighted by Gasteiger charge is -2.27. The van der Waals surface area contributed by atoms with Crippen molar-refractivity contribution in [1.82, 2.24) is 4.57 Å². The van der Waals surface area contributed by atoms with Crippen molar-refractivity contribution in [2.75, 3.05) is 4.90 Å². The first-order chi connectivity index (χ1) is 23.8. The van der Waals surface area contributed by atoms with Gasteiger partial charge in [0.05, 0.1) is 16.7 Å². The molecule has 1 heterocycles. The van der Waals surface area contributed by atoms with Crippen LogP contribution in [0.2, 0.25) is 0 Å². The quantitative estimate of drug-likeness (QED) is 0.181. The van der Waals surface area contributed by atoms with Crippen molar-refractivity contribution in [3.8, 4) is 27.9 Å². The smallest absolute Gasteiger partial charge is 0.0562 e. The molecule has 0 N–H and O–H groups in total. The fourth-order valence-corrected chi connectivity index (χ4v) is 7.08. The van der Waals surface area contributed by atoms with Crippen molar-refractivity contribution >= 4 is 49.6 Å². The van der Waals surface area contributed by atoms with Crippen LogP contribution >= 0.6 is 0 Å². The summed E-state index contributed by atoms with van der Waals surface area (Å²) in [4.78, 5) is 2.41. The van der Waals surface area contributed by atoms with Crippen molar-refractivity contribution in [3.05, 3.63) is 194 Å². The van der Waals surface area contributed by atoms with E-state index < -0.39 is 0 Å². The van der Waals surface area contributed by atoms with Crippen LogP contribution in [0.5, 0.6) is 0 Å². The summed E-state index contributed by atoms with van der Waals surface area (Å²) in [6, 6.07) is 69.9. The number of hydrogen-bond donors (Lipinski definition) is 0. The molecule has 9 rings (SSSR count). The van der Waals surface area contributed by atoms with Crippen LogP contribution in [0.15, 0.2) is 194 Å². The molecule has 2 nitrogen and oxygen atoms in total. The minimum absolute atomic E-state index is 1.11. The van der Waals surface area contributed by atoms with Gasteiger partial charge < -0.3 is 9.47 Å². The molecule has 0 saturated carbocycles. The number of rotatable bonds is 6. The first kappa shape index (κ1) is 27.9. The Labute approximate surface area is 280 Å². The number of aromatic nitrogens is 1. The highest BCUT2D eigenvalue weighted by Gasteiger charge is 2.21. The van der Waals surface area contributed by atoms with E-state index in [-0.39, 0.29) is 0 Å². The zero-order valence-corrected chi connectivity index (χ0v) is 26.4. The monoisotopic (exact) mass is 612 g/mol. The topological polar surface area (TPSA) is 8.17 Å². The Balaban J connectivity index is 1.26. The van der Waals surface area contributed by atoms with Gasteiger partial charge in [0.15, 0.2) is 0 Å². The lowest BCUT2D eigenvalue weighted by Crippen LogP contribution is -2.10. The van der Waals surface area contributed by atoms with Gasteiger partial charge in [-0.2, -0.15) is 0 Å². The van der Waals surface area contributed by atoms with Crippen LogP contribution in [-0.2, 0) is 0 Å². The molecule has 0 bridgehead atoms. The summed E-state index contributed by atoms with van der Waals surface area (Å²) in [5, 5.41) is 4.92. The molecular formula is C46H32N2. The molecule has 0 saturated heterocycles. The molecule has 0 unspecified atom stereocenters. The number of benzene rings is 8. The van der Waals surface area contributed by atoms with Gasteiger partial charge in [-0.15, -0.1) is 0 Å². The molecule has 9 aromatic rings. The molecule has 8 aromatic carbocycles. The van der Waals surface area contributed by atoms with Crippen LogP contribution in [0.4, 0.5) is 17.1 Å². The van der Waals surface area contributed by atoms with Crippen molar-refractivity contribution in [2.45, 2.75) is 0 Å². The summed E-state index contributed by atoms with van der Waals surface area (Å²) in [5.74, 6) is 0. The average molecular weight is 613 g/mol. The molecule has 226 valence electrons. The van der Waals surface area contributed by atoms with E-state index in [1.807, 2.05) is 0 Å². The highest BCUT2D eigenvalue weighted by molar-refractivity contribution is 6.16. The van der Waals surface area contributed by atoms with E-state index in [1.165, 1.54) is 54.8 Å². The van der Waals surface area contributed by atoms with E-state index in [1.54, 1.807) is 0 Å². The van der Waals surface area contributed by atoms with Gasteiger partial charge in [-0.25, -0.2) is 0 Å². The Hall–Kier alpha value is -6.38. The maximum Gasteiger partial charge on any atom is 0.0562 e. The normalized spacial score (nSPS) is 11.3. The van der Waals surface area contributed by atoms with E-state index >= 15 is 0 Å². The standard InChI is InChI=1S/C46H32N2/c1-3-12-33(13-4-1)36-22-27-39(28-23-36)47(40-29-24-37(25-30-40)34-14-5-2-6-15-34)44-20-11-21-45-46(44)42-18-9-10-19-43(42)48(45)41-31-26-35-16-7-8-17-38(35)32-41/h1-32H. The van der Waals surface area contributed by atoms with Crippen molar-refractivity contribution < 1.29 is 0 Å². The molecule has 0 amide bonds. The second-order valence-electron chi connectivity index (χ2n) is 12.2. The number of fused-ring (bicyclic) bond motifs is 4. The Bertz CT molecular complexity index is 2450. The van der Waals surface area contributed by atoms with Gasteiger partial charge in [-0.1, -0.05) is 140 Å². The Morgan fingerprint density at radius 1 is 0.354 bits per heavy atom. The van der Waals surface area contributed by atoms with E-state index in [0.29, 0.717) is 0 Å². The van der Waals surface area contributed by atoms with Gasteiger partial charge >= 0.3 is 0 Å². The summed E-state index contributed by atoms with van der Waals surface area (Å²) in [7, 11) is 0. The Morgan fingerprint density at radius 2 is 0.875 bits per heavy atom. The second kappa shape index (κ2) is 11.8. The van der Waals surface area contributed by atoms with E-state index in [2.05, 4.69) is 204 Å². The molecule has 2 heteroatoms. The van der Waals surface area contributed by atoms with Crippen LogP contribution in [0.3, 0.4) is 0 Å². The van der Waals surface area contributed by atoms with Gasteiger partial charge in [-0.3, -0.25) is 0 Å². The number of para-hydroxylation sites is 1. The third-order valence-corrected chi connectivity index (χ3v) is 9.37. The van der Waals surface area contributed by atoms with Gasteiger partial charge in [0.25, 0.3) is 0 Å². The maximum absolute atomic E-state index is 2.41. The van der Waals surface area contributed by atoms with Crippen molar-refractivity contribution in [3.63, 3.8) is 0 Å². The molecular weight excluding hydrogens is 581 g/mol. The average Bonchev–Trinajstić information content (AvgIpc) is 3.51. The van der Waals surface area contributed by atoms with Crippen LogP contribution in [-0.4, -0.2) is 4.57 Å². The van der Waals surface area contributed by atoms with E-state index in [4.69, 9.17) is 0 Å². The fraction of sp³-hybridized carbons (Fsp3) is 0. The molecule has 0 fully saturated rings. The predicted octanol–water partition coefficient (Wildman–Crippen LogP) is 12.7. The van der Waals surface area contributed by atoms with Crippen LogP contribution in [0.25, 0.3) is 60.5 Å². The first-order valence-electron chi connectivity index (χ1n) is 16.4. The summed E-state index contributed by atoms with van der Waals surface area (Å²) in [6.07, 6.45) is 0. The summed E-state index contributed by atoms with van der Waals surface area (Å²) in [5.41, 5.74) is 11.7. The molecule has 0 atom stereocenters. The second-order valence-corrected chi connectivity index (χ2v) is 12.2. The molecule has 0 spiro atoms. The maximum atomic E-state index is 2.41. The third-order valence-electron chi connectivity index (χ3n) is 9.37. The predicted molar refractivity (Wildman–Crippen MR) is 204 cm³/mol. The van der Waals surface area contributed by atoms with E-state index in [0.717, 1.165) is 22.7 Å². The van der Waals surface area contributed by atoms with Gasteiger partial charge in [-0.05, 0) is 87.6 Å².